The number of aliphatic carboxylic acids is 1. The maximum absolute atomic E-state index is 12.2. The minimum atomic E-state index is -1.09. The highest BCUT2D eigenvalue weighted by atomic mass is 16.4. The van der Waals surface area contributed by atoms with E-state index in [9.17, 15) is 9.59 Å². The minimum Gasteiger partial charge on any atom is -0.480 e. The average molecular weight is 244 g/mol. The molecule has 3 aromatic rings. The Morgan fingerprint density at radius 1 is 1.33 bits per heavy atom. The van der Waals surface area contributed by atoms with Crippen molar-refractivity contribution < 1.29 is 9.90 Å². The van der Waals surface area contributed by atoms with Gasteiger partial charge in [-0.05, 0) is 12.1 Å². The lowest BCUT2D eigenvalue weighted by Gasteiger charge is -2.07. The van der Waals surface area contributed by atoms with Crippen LogP contribution in [0.2, 0.25) is 0 Å². The Hall–Kier alpha value is -2.70. The zero-order valence-electron chi connectivity index (χ0n) is 9.15. The zero-order valence-corrected chi connectivity index (χ0v) is 9.15. The first-order valence-electron chi connectivity index (χ1n) is 5.22. The molecule has 0 aliphatic rings. The number of carbonyl (C=O) groups is 1. The van der Waals surface area contributed by atoms with Gasteiger partial charge in [-0.2, -0.15) is 4.52 Å². The molecule has 1 aromatic carbocycles. The molecule has 3 rings (SSSR count). The monoisotopic (exact) mass is 244 g/mol. The normalized spacial score (nSPS) is 11.1. The summed E-state index contributed by atoms with van der Waals surface area (Å²) < 4.78 is 2.60. The molecular weight excluding hydrogens is 236 g/mol. The van der Waals surface area contributed by atoms with Gasteiger partial charge in [-0.15, -0.1) is 5.10 Å². The van der Waals surface area contributed by atoms with Crippen LogP contribution in [0.15, 0.2) is 35.3 Å². The SMILES string of the molecule is O=C(O)Cn1c(=O)c2ccccc2n2nncc12. The Labute approximate surface area is 99.9 Å². The molecule has 90 valence electrons. The van der Waals surface area contributed by atoms with Gasteiger partial charge in [0.1, 0.15) is 6.54 Å². The lowest BCUT2D eigenvalue weighted by atomic mass is 10.2. The molecule has 0 amide bonds. The number of benzene rings is 1. The third-order valence-corrected chi connectivity index (χ3v) is 2.71. The van der Waals surface area contributed by atoms with E-state index in [1.807, 2.05) is 0 Å². The predicted molar refractivity (Wildman–Crippen MR) is 62.4 cm³/mol. The van der Waals surface area contributed by atoms with Gasteiger partial charge in [0.25, 0.3) is 5.56 Å². The van der Waals surface area contributed by atoms with E-state index in [2.05, 4.69) is 10.3 Å². The Balaban J connectivity index is 2.52. The molecule has 2 aromatic heterocycles. The van der Waals surface area contributed by atoms with Crippen molar-refractivity contribution in [2.75, 3.05) is 0 Å². The summed E-state index contributed by atoms with van der Waals surface area (Å²) in [5.41, 5.74) is 0.612. The summed E-state index contributed by atoms with van der Waals surface area (Å²) >= 11 is 0. The number of hydrogen-bond acceptors (Lipinski definition) is 4. The van der Waals surface area contributed by atoms with Gasteiger partial charge in [0.15, 0.2) is 5.65 Å². The van der Waals surface area contributed by atoms with E-state index in [0.717, 1.165) is 4.57 Å². The molecule has 7 heteroatoms. The molecule has 0 aliphatic carbocycles. The van der Waals surface area contributed by atoms with Crippen LogP contribution in [-0.4, -0.2) is 30.5 Å². The van der Waals surface area contributed by atoms with Crippen LogP contribution in [-0.2, 0) is 11.3 Å². The number of aromatic nitrogens is 4. The highest BCUT2D eigenvalue weighted by Gasteiger charge is 2.13. The van der Waals surface area contributed by atoms with Crippen LogP contribution in [0.3, 0.4) is 0 Å². The lowest BCUT2D eigenvalue weighted by molar-refractivity contribution is -0.137. The largest absolute Gasteiger partial charge is 0.480 e. The summed E-state index contributed by atoms with van der Waals surface area (Å²) in [4.78, 5) is 23.0. The molecule has 0 atom stereocenters. The van der Waals surface area contributed by atoms with Gasteiger partial charge in [0.2, 0.25) is 0 Å². The number of para-hydroxylation sites is 1. The smallest absolute Gasteiger partial charge is 0.323 e. The van der Waals surface area contributed by atoms with Crippen molar-refractivity contribution in [3.05, 3.63) is 40.8 Å². The predicted octanol–water partition coefficient (Wildman–Crippen LogP) is 0.129. The van der Waals surface area contributed by atoms with Gasteiger partial charge < -0.3 is 5.11 Å². The number of rotatable bonds is 2. The number of hydrogen-bond donors (Lipinski definition) is 1. The van der Waals surface area contributed by atoms with Crippen molar-refractivity contribution in [1.29, 1.82) is 0 Å². The quantitative estimate of drug-likeness (QED) is 0.692. The van der Waals surface area contributed by atoms with Crippen molar-refractivity contribution in [1.82, 2.24) is 19.4 Å². The van der Waals surface area contributed by atoms with E-state index in [1.54, 1.807) is 24.3 Å². The molecule has 0 spiro atoms. The first-order chi connectivity index (χ1) is 8.68. The molecule has 0 radical (unpaired) electrons. The van der Waals surface area contributed by atoms with Crippen LogP contribution >= 0.6 is 0 Å². The Morgan fingerprint density at radius 2 is 2.11 bits per heavy atom. The molecule has 2 heterocycles. The second-order valence-electron chi connectivity index (χ2n) is 3.81. The number of fused-ring (bicyclic) bond motifs is 3. The molecule has 1 N–H and O–H groups in total. The van der Waals surface area contributed by atoms with Gasteiger partial charge in [-0.1, -0.05) is 17.3 Å². The van der Waals surface area contributed by atoms with E-state index >= 15 is 0 Å². The standard InChI is InChI=1S/C11H8N4O3/c16-10(17)6-14-9-5-12-13-15(9)8-4-2-1-3-7(8)11(14)18/h1-5H,6H2,(H,16,17). The van der Waals surface area contributed by atoms with Gasteiger partial charge in [-0.25, -0.2) is 0 Å². The van der Waals surface area contributed by atoms with Crippen LogP contribution in [0, 0.1) is 0 Å². The third kappa shape index (κ3) is 1.37. The highest BCUT2D eigenvalue weighted by Crippen LogP contribution is 2.11. The first-order valence-corrected chi connectivity index (χ1v) is 5.22. The average Bonchev–Trinajstić information content (AvgIpc) is 2.83. The van der Waals surface area contributed by atoms with E-state index in [-0.39, 0.29) is 5.56 Å². The fourth-order valence-corrected chi connectivity index (χ4v) is 1.96. The number of carboxylic acids is 1. The summed E-state index contributed by atoms with van der Waals surface area (Å²) in [5.74, 6) is -1.09. The van der Waals surface area contributed by atoms with Crippen molar-refractivity contribution in [3.8, 4) is 0 Å². The summed E-state index contributed by atoms with van der Waals surface area (Å²) in [7, 11) is 0. The van der Waals surface area contributed by atoms with E-state index in [0.29, 0.717) is 16.6 Å². The lowest BCUT2D eigenvalue weighted by Crippen LogP contribution is -2.26. The molecule has 0 unspecified atom stereocenters. The maximum atomic E-state index is 12.2. The second-order valence-corrected chi connectivity index (χ2v) is 3.81. The van der Waals surface area contributed by atoms with Gasteiger partial charge in [0.05, 0.1) is 17.1 Å². The van der Waals surface area contributed by atoms with E-state index in [4.69, 9.17) is 5.11 Å². The molecular formula is C11H8N4O3. The van der Waals surface area contributed by atoms with Crippen LogP contribution in [0.25, 0.3) is 16.6 Å². The van der Waals surface area contributed by atoms with Crippen LogP contribution in [0.1, 0.15) is 0 Å². The first kappa shape index (κ1) is 10.5. The Kier molecular flexibility index (Phi) is 2.12. The van der Waals surface area contributed by atoms with Crippen molar-refractivity contribution >= 4 is 22.5 Å². The van der Waals surface area contributed by atoms with Gasteiger partial charge in [0, 0.05) is 0 Å². The minimum absolute atomic E-state index is 0.359. The highest BCUT2D eigenvalue weighted by molar-refractivity contribution is 5.80. The summed E-state index contributed by atoms with van der Waals surface area (Å²) in [6.07, 6.45) is 1.37. The molecule has 0 aliphatic heterocycles. The summed E-state index contributed by atoms with van der Waals surface area (Å²) in [6.45, 7) is -0.416. The van der Waals surface area contributed by atoms with Crippen LogP contribution in [0.5, 0.6) is 0 Å². The van der Waals surface area contributed by atoms with Crippen molar-refractivity contribution in [2.45, 2.75) is 6.54 Å². The summed E-state index contributed by atoms with van der Waals surface area (Å²) in [5, 5.41) is 16.9. The van der Waals surface area contributed by atoms with Crippen molar-refractivity contribution in [3.63, 3.8) is 0 Å². The Morgan fingerprint density at radius 3 is 2.89 bits per heavy atom. The zero-order chi connectivity index (χ0) is 12.7. The second kappa shape index (κ2) is 3.66. The topological polar surface area (TPSA) is 89.5 Å². The molecule has 7 nitrogen and oxygen atoms in total. The molecule has 0 saturated carbocycles. The third-order valence-electron chi connectivity index (χ3n) is 2.71. The molecule has 18 heavy (non-hydrogen) atoms. The molecule has 0 bridgehead atoms. The number of nitrogens with zero attached hydrogens (tertiary/aromatic N) is 4. The van der Waals surface area contributed by atoms with Crippen LogP contribution in [0.4, 0.5) is 0 Å². The Bertz CT molecular complexity index is 818. The van der Waals surface area contributed by atoms with Crippen molar-refractivity contribution in [2.24, 2.45) is 0 Å². The molecule has 0 saturated heterocycles. The maximum Gasteiger partial charge on any atom is 0.323 e. The van der Waals surface area contributed by atoms with Crippen LogP contribution < -0.4 is 5.56 Å². The van der Waals surface area contributed by atoms with Gasteiger partial charge in [-0.3, -0.25) is 14.2 Å². The fourth-order valence-electron chi connectivity index (χ4n) is 1.96. The number of carboxylic acid groups (broad SMARTS) is 1. The molecule has 0 fully saturated rings. The van der Waals surface area contributed by atoms with Gasteiger partial charge >= 0.3 is 5.97 Å². The summed E-state index contributed by atoms with van der Waals surface area (Å²) in [6, 6.07) is 6.88. The fraction of sp³-hybridized carbons (Fsp3) is 0.0909. The van der Waals surface area contributed by atoms with E-state index < -0.39 is 12.5 Å². The van der Waals surface area contributed by atoms with E-state index in [1.165, 1.54) is 10.7 Å².